The number of nitrogens with two attached hydrogens (primary N) is 1. The Labute approximate surface area is 125 Å². The largest absolute Gasteiger partial charge is 0.329 e. The van der Waals surface area contributed by atoms with Crippen LogP contribution in [0.25, 0.3) is 0 Å². The first-order valence-corrected chi connectivity index (χ1v) is 7.72. The molecule has 2 N–H and O–H groups in total. The summed E-state index contributed by atoms with van der Waals surface area (Å²) < 4.78 is 26.2. The molecule has 1 aromatic carbocycles. The minimum Gasteiger partial charge on any atom is -0.329 e. The van der Waals surface area contributed by atoms with Gasteiger partial charge in [-0.05, 0) is 37.0 Å². The van der Waals surface area contributed by atoms with Gasteiger partial charge in [0, 0.05) is 24.7 Å². The molecule has 0 heterocycles. The van der Waals surface area contributed by atoms with Crippen LogP contribution in [-0.4, -0.2) is 32.4 Å². The minimum absolute atomic E-state index is 0. The SMILES string of the molecule is CN(C(CN)C1CC1)S(=O)(=O)c1cccc(Cl)c1.Cl. The predicted octanol–water partition coefficient (Wildman–Crippen LogP) is 2.12. The van der Waals surface area contributed by atoms with E-state index < -0.39 is 10.0 Å². The van der Waals surface area contributed by atoms with Gasteiger partial charge in [0.2, 0.25) is 10.0 Å². The van der Waals surface area contributed by atoms with Crippen molar-refractivity contribution in [3.63, 3.8) is 0 Å². The molecule has 7 heteroatoms. The average Bonchev–Trinajstić information content (AvgIpc) is 3.14. The summed E-state index contributed by atoms with van der Waals surface area (Å²) in [4.78, 5) is 0.219. The standard InChI is InChI=1S/C12H17ClN2O2S.ClH/c1-15(12(8-14)9-5-6-9)18(16,17)11-4-2-3-10(13)7-11;/h2-4,7,9,12H,5-6,8,14H2,1H3;1H. The smallest absolute Gasteiger partial charge is 0.243 e. The van der Waals surface area contributed by atoms with Crippen LogP contribution in [0, 0.1) is 5.92 Å². The number of hydrogen-bond acceptors (Lipinski definition) is 3. The molecule has 0 spiro atoms. The summed E-state index contributed by atoms with van der Waals surface area (Å²) in [6, 6.07) is 6.19. The number of hydrogen-bond donors (Lipinski definition) is 1. The van der Waals surface area contributed by atoms with E-state index in [-0.39, 0.29) is 23.3 Å². The van der Waals surface area contributed by atoms with Crippen LogP contribution in [0.2, 0.25) is 5.02 Å². The summed E-state index contributed by atoms with van der Waals surface area (Å²) in [6.45, 7) is 0.348. The number of nitrogens with zero attached hydrogens (tertiary/aromatic N) is 1. The van der Waals surface area contributed by atoms with Crippen molar-refractivity contribution in [1.29, 1.82) is 0 Å². The highest BCUT2D eigenvalue weighted by Gasteiger charge is 2.38. The summed E-state index contributed by atoms with van der Waals surface area (Å²) >= 11 is 5.84. The van der Waals surface area contributed by atoms with Crippen molar-refractivity contribution in [2.75, 3.05) is 13.6 Å². The molecule has 0 bridgehead atoms. The van der Waals surface area contributed by atoms with Gasteiger partial charge in [-0.3, -0.25) is 0 Å². The first-order valence-electron chi connectivity index (χ1n) is 5.90. The van der Waals surface area contributed by atoms with Crippen molar-refractivity contribution >= 4 is 34.0 Å². The fourth-order valence-electron chi connectivity index (χ4n) is 2.09. The highest BCUT2D eigenvalue weighted by molar-refractivity contribution is 7.89. The zero-order valence-electron chi connectivity index (χ0n) is 10.6. The minimum atomic E-state index is -3.51. The third-order valence-electron chi connectivity index (χ3n) is 3.35. The van der Waals surface area contributed by atoms with Crippen LogP contribution in [-0.2, 0) is 10.0 Å². The molecule has 1 fully saturated rings. The third-order valence-corrected chi connectivity index (χ3v) is 5.46. The Morgan fingerprint density at radius 3 is 2.58 bits per heavy atom. The lowest BCUT2D eigenvalue weighted by molar-refractivity contribution is 0.340. The fraction of sp³-hybridized carbons (Fsp3) is 0.500. The van der Waals surface area contributed by atoms with Gasteiger partial charge in [0.1, 0.15) is 0 Å². The van der Waals surface area contributed by atoms with Crippen molar-refractivity contribution in [3.05, 3.63) is 29.3 Å². The highest BCUT2D eigenvalue weighted by Crippen LogP contribution is 2.36. The Bertz CT molecular complexity index is 532. The van der Waals surface area contributed by atoms with Gasteiger partial charge in [-0.2, -0.15) is 4.31 Å². The molecule has 19 heavy (non-hydrogen) atoms. The maximum absolute atomic E-state index is 12.4. The van der Waals surface area contributed by atoms with Crippen LogP contribution >= 0.6 is 24.0 Å². The molecule has 1 unspecified atom stereocenters. The molecule has 0 saturated heterocycles. The number of likely N-dealkylation sites (N-methyl/N-ethyl adjacent to an activating group) is 1. The fourth-order valence-corrected chi connectivity index (χ4v) is 3.82. The van der Waals surface area contributed by atoms with E-state index in [0.29, 0.717) is 17.5 Å². The molecule has 108 valence electrons. The van der Waals surface area contributed by atoms with Crippen LogP contribution < -0.4 is 5.73 Å². The van der Waals surface area contributed by atoms with Crippen molar-refractivity contribution in [3.8, 4) is 0 Å². The molecule has 0 aromatic heterocycles. The summed E-state index contributed by atoms with van der Waals surface area (Å²) in [5.41, 5.74) is 5.69. The van der Waals surface area contributed by atoms with Crippen LogP contribution in [0.1, 0.15) is 12.8 Å². The van der Waals surface area contributed by atoms with E-state index in [1.54, 1.807) is 25.2 Å². The average molecular weight is 325 g/mol. The molecule has 1 atom stereocenters. The summed E-state index contributed by atoms with van der Waals surface area (Å²) in [5.74, 6) is 0.397. The summed E-state index contributed by atoms with van der Waals surface area (Å²) in [6.07, 6.45) is 2.11. The zero-order valence-corrected chi connectivity index (χ0v) is 13.0. The summed E-state index contributed by atoms with van der Waals surface area (Å²) in [5, 5.41) is 0.417. The number of benzene rings is 1. The van der Waals surface area contributed by atoms with Gasteiger partial charge in [-0.25, -0.2) is 8.42 Å². The number of sulfonamides is 1. The lowest BCUT2D eigenvalue weighted by Crippen LogP contribution is -2.43. The Morgan fingerprint density at radius 1 is 1.47 bits per heavy atom. The molecule has 1 saturated carbocycles. The van der Waals surface area contributed by atoms with Crippen molar-refractivity contribution in [1.82, 2.24) is 4.31 Å². The topological polar surface area (TPSA) is 63.4 Å². The second-order valence-corrected chi connectivity index (χ2v) is 7.05. The van der Waals surface area contributed by atoms with Crippen LogP contribution in [0.5, 0.6) is 0 Å². The Hall–Kier alpha value is -0.330. The molecule has 0 amide bonds. The van der Waals surface area contributed by atoms with Crippen LogP contribution in [0.4, 0.5) is 0 Å². The second kappa shape index (κ2) is 6.41. The molecular weight excluding hydrogens is 307 g/mol. The Kier molecular flexibility index (Phi) is 5.65. The lowest BCUT2D eigenvalue weighted by Gasteiger charge is -2.26. The van der Waals surface area contributed by atoms with E-state index in [1.165, 1.54) is 10.4 Å². The van der Waals surface area contributed by atoms with Crippen molar-refractivity contribution < 1.29 is 8.42 Å². The molecule has 1 aromatic rings. The third kappa shape index (κ3) is 3.61. The maximum Gasteiger partial charge on any atom is 0.243 e. The van der Waals surface area contributed by atoms with Gasteiger partial charge in [-0.15, -0.1) is 12.4 Å². The van der Waals surface area contributed by atoms with E-state index in [9.17, 15) is 8.42 Å². The van der Waals surface area contributed by atoms with Gasteiger partial charge in [0.15, 0.2) is 0 Å². The van der Waals surface area contributed by atoms with E-state index >= 15 is 0 Å². The quantitative estimate of drug-likeness (QED) is 0.902. The van der Waals surface area contributed by atoms with Gasteiger partial charge < -0.3 is 5.73 Å². The molecule has 0 radical (unpaired) electrons. The molecule has 1 aliphatic carbocycles. The molecular formula is C12H18Cl2N2O2S. The van der Waals surface area contributed by atoms with E-state index in [0.717, 1.165) is 12.8 Å². The predicted molar refractivity (Wildman–Crippen MR) is 79.2 cm³/mol. The van der Waals surface area contributed by atoms with Crippen molar-refractivity contribution in [2.45, 2.75) is 23.8 Å². The second-order valence-electron chi connectivity index (χ2n) is 4.62. The van der Waals surface area contributed by atoms with Gasteiger partial charge >= 0.3 is 0 Å². The number of halogens is 2. The monoisotopic (exact) mass is 324 g/mol. The normalized spacial score (nSPS) is 17.1. The highest BCUT2D eigenvalue weighted by atomic mass is 35.5. The number of rotatable bonds is 5. The molecule has 4 nitrogen and oxygen atoms in total. The first-order chi connectivity index (χ1) is 8.46. The van der Waals surface area contributed by atoms with Gasteiger partial charge in [0.05, 0.1) is 4.90 Å². The molecule has 0 aliphatic heterocycles. The lowest BCUT2D eigenvalue weighted by atomic mass is 10.2. The summed E-state index contributed by atoms with van der Waals surface area (Å²) in [7, 11) is -1.92. The van der Waals surface area contributed by atoms with Crippen LogP contribution in [0.3, 0.4) is 0 Å². The van der Waals surface area contributed by atoms with E-state index in [2.05, 4.69) is 0 Å². The van der Waals surface area contributed by atoms with Gasteiger partial charge in [0.25, 0.3) is 0 Å². The van der Waals surface area contributed by atoms with Crippen LogP contribution in [0.15, 0.2) is 29.2 Å². The molecule has 1 aliphatic rings. The van der Waals surface area contributed by atoms with E-state index in [4.69, 9.17) is 17.3 Å². The van der Waals surface area contributed by atoms with Gasteiger partial charge in [-0.1, -0.05) is 17.7 Å². The van der Waals surface area contributed by atoms with Crippen molar-refractivity contribution in [2.24, 2.45) is 11.7 Å². The molecule has 2 rings (SSSR count). The first kappa shape index (κ1) is 16.7. The maximum atomic E-state index is 12.4. The van der Waals surface area contributed by atoms with E-state index in [1.807, 2.05) is 0 Å². The Balaban J connectivity index is 0.00000180. The Morgan fingerprint density at radius 2 is 2.11 bits per heavy atom. The zero-order chi connectivity index (χ0) is 13.3.